The van der Waals surface area contributed by atoms with Gasteiger partial charge in [-0.15, -0.1) is 0 Å². The number of carbonyl (C=O) groups is 3. The maximum Gasteiger partial charge on any atom is 0.705 e. The van der Waals surface area contributed by atoms with Crippen molar-refractivity contribution in [3.8, 4) is 0 Å². The molecule has 0 aliphatic rings. The predicted octanol–water partition coefficient (Wildman–Crippen LogP) is 5.28. The molecule has 0 aromatic heterocycles. The van der Waals surface area contributed by atoms with Gasteiger partial charge in [-0.25, -0.2) is 22.0 Å². The van der Waals surface area contributed by atoms with Crippen LogP contribution >= 0.6 is 0 Å². The molecule has 0 atom stereocenters. The Morgan fingerprint density at radius 1 is 0.576 bits per heavy atom. The molecule has 0 unspecified atom stereocenters. The molecule has 1 aromatic carbocycles. The number of hydrogen-bond acceptors (Lipinski definition) is 6. The summed E-state index contributed by atoms with van der Waals surface area (Å²) in [6.07, 6.45) is 3.68. The molecule has 0 aliphatic heterocycles. The lowest BCUT2D eigenvalue weighted by Crippen LogP contribution is -2.49. The van der Waals surface area contributed by atoms with E-state index in [1.165, 1.54) is 0 Å². The van der Waals surface area contributed by atoms with Crippen LogP contribution in [-0.4, -0.2) is 26.7 Å². The highest BCUT2D eigenvalue weighted by molar-refractivity contribution is 6.65. The summed E-state index contributed by atoms with van der Waals surface area (Å²) in [6.45, 7) is 3.34. The molecule has 0 saturated heterocycles. The van der Waals surface area contributed by atoms with Crippen LogP contribution < -0.4 is 0 Å². The predicted molar refractivity (Wildman–Crippen MR) is 108 cm³/mol. The summed E-state index contributed by atoms with van der Waals surface area (Å²) in [5.41, 5.74) is -0.811. The first-order valence-corrected chi connectivity index (χ1v) is 12.4. The molecule has 12 heteroatoms. The fraction of sp³-hybridized carbons (Fsp3) is 0.571. The van der Waals surface area contributed by atoms with E-state index in [4.69, 9.17) is 13.3 Å². The second-order valence-corrected chi connectivity index (χ2v) is 9.97. The number of rotatable bonds is 13. The Morgan fingerprint density at radius 3 is 1.30 bits per heavy atom. The molecule has 0 fully saturated rings. The Hall–Kier alpha value is -2.50. The maximum absolute atomic E-state index is 13.6. The Bertz CT molecular complexity index is 794. The van der Waals surface area contributed by atoms with Crippen molar-refractivity contribution in [3.05, 3.63) is 34.6 Å². The molecule has 0 spiro atoms. The molecule has 0 saturated carbocycles. The topological polar surface area (TPSA) is 78.9 Å². The molecule has 33 heavy (non-hydrogen) atoms. The zero-order valence-electron chi connectivity index (χ0n) is 18.7. The van der Waals surface area contributed by atoms with Gasteiger partial charge in [-0.2, -0.15) is 0 Å². The van der Waals surface area contributed by atoms with E-state index >= 15 is 0 Å². The molecule has 0 aliphatic carbocycles. The fourth-order valence-electron chi connectivity index (χ4n) is 3.27. The van der Waals surface area contributed by atoms with Crippen molar-refractivity contribution in [2.75, 3.05) is 0 Å². The lowest BCUT2D eigenvalue weighted by Gasteiger charge is -2.26. The van der Waals surface area contributed by atoms with Crippen LogP contribution in [0, 0.1) is 29.1 Å². The molecule has 0 bridgehead atoms. The Morgan fingerprint density at radius 2 is 0.909 bits per heavy atom. The molecule has 1 rings (SSSR count). The van der Waals surface area contributed by atoms with E-state index < -0.39 is 61.4 Å². The average molecular weight is 499 g/mol. The number of carbonyl (C=O) groups excluding carboxylic acids is 3. The molecular weight excluding hydrogens is 471 g/mol. The van der Waals surface area contributed by atoms with Crippen molar-refractivity contribution < 1.29 is 49.6 Å². The average Bonchev–Trinajstić information content (AvgIpc) is 2.70. The highest BCUT2D eigenvalue weighted by Gasteiger charge is 2.51. The van der Waals surface area contributed by atoms with Gasteiger partial charge in [0.05, 0.1) is 6.04 Å². The highest BCUT2D eigenvalue weighted by Crippen LogP contribution is 2.25. The summed E-state index contributed by atoms with van der Waals surface area (Å²) >= 11 is 0. The van der Waals surface area contributed by atoms with Gasteiger partial charge in [0.15, 0.2) is 23.3 Å². The molecule has 6 nitrogen and oxygen atoms in total. The molecule has 0 heterocycles. The first-order valence-electron chi connectivity index (χ1n) is 10.5. The van der Waals surface area contributed by atoms with Crippen molar-refractivity contribution in [1.82, 2.24) is 0 Å². The zero-order valence-corrected chi connectivity index (χ0v) is 19.7. The van der Waals surface area contributed by atoms with Crippen LogP contribution in [0.2, 0.25) is 6.04 Å². The largest absolute Gasteiger partial charge is 0.705 e. The van der Waals surface area contributed by atoms with Crippen molar-refractivity contribution in [1.29, 1.82) is 0 Å². The van der Waals surface area contributed by atoms with E-state index in [2.05, 4.69) is 0 Å². The number of hydrogen-bond donors (Lipinski definition) is 0. The third-order valence-corrected chi connectivity index (χ3v) is 7.37. The lowest BCUT2D eigenvalue weighted by atomic mass is 10.0. The summed E-state index contributed by atoms with van der Waals surface area (Å²) in [5.74, 6) is -11.9. The third kappa shape index (κ3) is 9.10. The van der Waals surface area contributed by atoms with E-state index in [-0.39, 0.29) is 18.9 Å². The van der Waals surface area contributed by atoms with Crippen LogP contribution in [0.3, 0.4) is 0 Å². The number of benzene rings is 1. The van der Waals surface area contributed by atoms with Crippen molar-refractivity contribution >= 4 is 26.7 Å². The number of halogens is 5. The SMILES string of the molecule is CC(=O)O[Si](CCCCCCCCCc1c(F)c(F)c(F)c(F)c1F)(OC(C)=O)OC(C)=O. The van der Waals surface area contributed by atoms with E-state index in [1.807, 2.05) is 0 Å². The van der Waals surface area contributed by atoms with E-state index in [0.29, 0.717) is 32.1 Å². The van der Waals surface area contributed by atoms with Gasteiger partial charge >= 0.3 is 8.80 Å². The second kappa shape index (κ2) is 13.3. The molecular formula is C21H27F5O6Si. The van der Waals surface area contributed by atoms with E-state index in [1.54, 1.807) is 0 Å². The standard InChI is InChI=1S/C21H27F5O6Si/c1-13(27)30-33(31-14(2)28,32-15(3)29)12-10-8-6-4-5-7-9-11-16-17(22)19(24)21(26)20(25)18(16)23/h4-12H2,1-3H3. The first-order chi connectivity index (χ1) is 15.4. The van der Waals surface area contributed by atoms with Gasteiger partial charge in [-0.3, -0.25) is 14.4 Å². The molecule has 0 N–H and O–H groups in total. The summed E-state index contributed by atoms with van der Waals surface area (Å²) < 4.78 is 82.0. The number of unbranched alkanes of at least 4 members (excludes halogenated alkanes) is 6. The minimum Gasteiger partial charge on any atom is -0.455 e. The molecule has 0 amide bonds. The summed E-state index contributed by atoms with van der Waals surface area (Å²) in [6, 6.07) is 0.0754. The van der Waals surface area contributed by atoms with Crippen LogP contribution in [-0.2, 0) is 34.1 Å². The van der Waals surface area contributed by atoms with Crippen LogP contribution in [0.15, 0.2) is 0 Å². The zero-order chi connectivity index (χ0) is 25.2. The van der Waals surface area contributed by atoms with Crippen LogP contribution in [0.4, 0.5) is 22.0 Å². The minimum absolute atomic E-state index is 0.0754. The summed E-state index contributed by atoms with van der Waals surface area (Å²) in [7, 11) is -3.84. The summed E-state index contributed by atoms with van der Waals surface area (Å²) in [5, 5.41) is 0. The van der Waals surface area contributed by atoms with Crippen molar-refractivity contribution in [2.24, 2.45) is 0 Å². The molecule has 0 radical (unpaired) electrons. The van der Waals surface area contributed by atoms with Gasteiger partial charge in [0.2, 0.25) is 5.82 Å². The van der Waals surface area contributed by atoms with Gasteiger partial charge in [0.25, 0.3) is 17.9 Å². The van der Waals surface area contributed by atoms with Gasteiger partial charge in [0, 0.05) is 26.3 Å². The highest BCUT2D eigenvalue weighted by atomic mass is 28.4. The third-order valence-electron chi connectivity index (χ3n) is 4.61. The Balaban J connectivity index is 2.43. The Kier molecular flexibility index (Phi) is 11.5. The van der Waals surface area contributed by atoms with Crippen molar-refractivity contribution in [3.63, 3.8) is 0 Å². The quantitative estimate of drug-likeness (QED) is 0.121. The van der Waals surface area contributed by atoms with E-state index in [0.717, 1.165) is 27.2 Å². The van der Waals surface area contributed by atoms with Crippen LogP contribution in [0.1, 0.15) is 71.3 Å². The maximum atomic E-state index is 13.6. The summed E-state index contributed by atoms with van der Waals surface area (Å²) in [4.78, 5) is 34.1. The van der Waals surface area contributed by atoms with Crippen molar-refractivity contribution in [2.45, 2.75) is 78.2 Å². The Labute approximate surface area is 189 Å². The molecule has 1 aromatic rings. The minimum atomic E-state index is -3.84. The second-order valence-electron chi connectivity index (χ2n) is 7.49. The van der Waals surface area contributed by atoms with Crippen LogP contribution in [0.25, 0.3) is 0 Å². The van der Waals surface area contributed by atoms with E-state index in [9.17, 15) is 36.3 Å². The van der Waals surface area contributed by atoms with Gasteiger partial charge in [0.1, 0.15) is 0 Å². The monoisotopic (exact) mass is 498 g/mol. The first kappa shape index (κ1) is 28.5. The van der Waals surface area contributed by atoms with Gasteiger partial charge in [-0.1, -0.05) is 32.1 Å². The normalized spacial score (nSPS) is 11.3. The van der Waals surface area contributed by atoms with Gasteiger partial charge in [-0.05, 0) is 19.3 Å². The van der Waals surface area contributed by atoms with Gasteiger partial charge < -0.3 is 13.3 Å². The smallest absolute Gasteiger partial charge is 0.455 e. The molecule has 186 valence electrons. The fourth-order valence-corrected chi connectivity index (χ4v) is 5.70. The van der Waals surface area contributed by atoms with Crippen LogP contribution in [0.5, 0.6) is 0 Å². The lowest BCUT2D eigenvalue weighted by molar-refractivity contribution is -0.147.